The van der Waals surface area contributed by atoms with Crippen LogP contribution in [0.15, 0.2) is 6.07 Å². The summed E-state index contributed by atoms with van der Waals surface area (Å²) in [4.78, 5) is 0. The number of rotatable bonds is 1. The second kappa shape index (κ2) is 2.23. The van der Waals surface area contributed by atoms with Crippen molar-refractivity contribution in [2.75, 3.05) is 18.9 Å². The molecule has 1 aromatic heterocycles. The van der Waals surface area contributed by atoms with E-state index >= 15 is 0 Å². The first kappa shape index (κ1) is 6.67. The molecule has 4 nitrogen and oxygen atoms in total. The molecular formula is C7H11N3O. The number of nitrogens with zero attached hydrogens (tertiary/aromatic N) is 2. The van der Waals surface area contributed by atoms with Gasteiger partial charge in [0.1, 0.15) is 5.82 Å². The molecule has 2 N–H and O–H groups in total. The topological polar surface area (TPSA) is 53.1 Å². The predicted molar refractivity (Wildman–Crippen MR) is 41.2 cm³/mol. The maximum Gasteiger partial charge on any atom is 0.145 e. The first-order valence-corrected chi connectivity index (χ1v) is 3.67. The van der Waals surface area contributed by atoms with E-state index < -0.39 is 0 Å². The van der Waals surface area contributed by atoms with Crippen molar-refractivity contribution in [3.8, 4) is 0 Å². The summed E-state index contributed by atoms with van der Waals surface area (Å²) in [5.41, 5.74) is 6.63. The molecule has 0 atom stereocenters. The van der Waals surface area contributed by atoms with E-state index in [9.17, 15) is 0 Å². The summed E-state index contributed by atoms with van der Waals surface area (Å²) in [7, 11) is 0. The minimum absolute atomic E-state index is 0.410. The highest BCUT2D eigenvalue weighted by Gasteiger charge is 2.22. The Balaban J connectivity index is 2.28. The summed E-state index contributed by atoms with van der Waals surface area (Å²) in [6.45, 7) is 3.53. The summed E-state index contributed by atoms with van der Waals surface area (Å²) in [6.07, 6.45) is 0. The summed E-state index contributed by atoms with van der Waals surface area (Å²) >= 11 is 0. The van der Waals surface area contributed by atoms with Crippen LogP contribution in [-0.2, 0) is 4.74 Å². The Labute approximate surface area is 64.9 Å². The molecule has 4 heteroatoms. The molecule has 0 spiro atoms. The van der Waals surface area contributed by atoms with Crippen molar-refractivity contribution in [3.63, 3.8) is 0 Å². The first-order valence-electron chi connectivity index (χ1n) is 3.67. The van der Waals surface area contributed by atoms with Crippen LogP contribution in [-0.4, -0.2) is 23.0 Å². The molecule has 0 unspecified atom stereocenters. The monoisotopic (exact) mass is 153 g/mol. The fourth-order valence-electron chi connectivity index (χ4n) is 1.25. The Morgan fingerprint density at radius 1 is 1.73 bits per heavy atom. The van der Waals surface area contributed by atoms with Gasteiger partial charge in [-0.05, 0) is 6.92 Å². The lowest BCUT2D eigenvalue weighted by Gasteiger charge is -2.27. The predicted octanol–water partition coefficient (Wildman–Crippen LogP) is 0.345. The van der Waals surface area contributed by atoms with Crippen LogP contribution in [0.4, 0.5) is 5.82 Å². The van der Waals surface area contributed by atoms with Crippen molar-refractivity contribution >= 4 is 5.82 Å². The maximum absolute atomic E-state index is 5.52. The van der Waals surface area contributed by atoms with Crippen LogP contribution in [0, 0.1) is 6.92 Å². The molecule has 0 radical (unpaired) electrons. The van der Waals surface area contributed by atoms with Gasteiger partial charge < -0.3 is 10.5 Å². The van der Waals surface area contributed by atoms with E-state index in [-0.39, 0.29) is 0 Å². The number of aryl methyl sites for hydroxylation is 1. The van der Waals surface area contributed by atoms with Gasteiger partial charge in [-0.2, -0.15) is 5.10 Å². The molecule has 0 aliphatic carbocycles. The smallest absolute Gasteiger partial charge is 0.145 e. The standard InChI is InChI=1S/C7H11N3O/c1-5-2-7(8)9-10(5)6-3-11-4-6/h2,6H,3-4H2,1H3,(H2,8,9). The molecule has 1 aliphatic rings. The molecule has 1 saturated heterocycles. The number of hydrogen-bond donors (Lipinski definition) is 1. The van der Waals surface area contributed by atoms with Crippen molar-refractivity contribution in [2.45, 2.75) is 13.0 Å². The molecule has 2 rings (SSSR count). The summed E-state index contributed by atoms with van der Waals surface area (Å²) < 4.78 is 6.98. The molecule has 1 fully saturated rings. The van der Waals surface area contributed by atoms with Gasteiger partial charge in [0.05, 0.1) is 19.3 Å². The van der Waals surface area contributed by atoms with E-state index in [4.69, 9.17) is 10.5 Å². The molecule has 0 aromatic carbocycles. The van der Waals surface area contributed by atoms with Gasteiger partial charge in [0.15, 0.2) is 0 Å². The van der Waals surface area contributed by atoms with E-state index in [2.05, 4.69) is 5.10 Å². The zero-order valence-electron chi connectivity index (χ0n) is 6.45. The third-order valence-corrected chi connectivity index (χ3v) is 1.91. The lowest BCUT2D eigenvalue weighted by Crippen LogP contribution is -2.32. The van der Waals surface area contributed by atoms with Gasteiger partial charge in [-0.25, -0.2) is 0 Å². The SMILES string of the molecule is Cc1cc(N)nn1C1COC1. The minimum Gasteiger partial charge on any atom is -0.382 e. The van der Waals surface area contributed by atoms with E-state index in [0.29, 0.717) is 11.9 Å². The summed E-state index contributed by atoms with van der Waals surface area (Å²) in [5, 5.41) is 4.15. The van der Waals surface area contributed by atoms with Crippen molar-refractivity contribution in [1.29, 1.82) is 0 Å². The van der Waals surface area contributed by atoms with Crippen molar-refractivity contribution < 1.29 is 4.74 Å². The van der Waals surface area contributed by atoms with Crippen LogP contribution in [0.2, 0.25) is 0 Å². The second-order valence-electron chi connectivity index (χ2n) is 2.85. The number of anilines is 1. The van der Waals surface area contributed by atoms with E-state index in [1.54, 1.807) is 0 Å². The fourth-order valence-corrected chi connectivity index (χ4v) is 1.25. The normalized spacial score (nSPS) is 18.3. The third-order valence-electron chi connectivity index (χ3n) is 1.91. The number of ether oxygens (including phenoxy) is 1. The summed E-state index contributed by atoms with van der Waals surface area (Å²) in [6, 6.07) is 2.28. The quantitative estimate of drug-likeness (QED) is 0.633. The average molecular weight is 153 g/mol. The van der Waals surface area contributed by atoms with Gasteiger partial charge in [0.25, 0.3) is 0 Å². The van der Waals surface area contributed by atoms with Gasteiger partial charge in [0.2, 0.25) is 0 Å². The Kier molecular flexibility index (Phi) is 1.35. The molecule has 0 amide bonds. The average Bonchev–Trinajstić information content (AvgIpc) is 2.07. The van der Waals surface area contributed by atoms with Gasteiger partial charge in [-0.3, -0.25) is 4.68 Å². The van der Waals surface area contributed by atoms with Crippen LogP contribution >= 0.6 is 0 Å². The van der Waals surface area contributed by atoms with Crippen LogP contribution in [0.3, 0.4) is 0 Å². The minimum atomic E-state index is 0.410. The van der Waals surface area contributed by atoms with Crippen LogP contribution in [0.5, 0.6) is 0 Å². The number of hydrogen-bond acceptors (Lipinski definition) is 3. The van der Waals surface area contributed by atoms with Crippen molar-refractivity contribution in [2.24, 2.45) is 0 Å². The zero-order valence-corrected chi connectivity index (χ0v) is 6.45. The Hall–Kier alpha value is -1.03. The van der Waals surface area contributed by atoms with E-state index in [1.165, 1.54) is 0 Å². The zero-order chi connectivity index (χ0) is 7.84. The van der Waals surface area contributed by atoms with E-state index in [1.807, 2.05) is 17.7 Å². The Bertz CT molecular complexity index is 265. The molecule has 2 heterocycles. The van der Waals surface area contributed by atoms with Gasteiger partial charge in [0, 0.05) is 11.8 Å². The number of nitrogens with two attached hydrogens (primary N) is 1. The first-order chi connectivity index (χ1) is 5.27. The fraction of sp³-hybridized carbons (Fsp3) is 0.571. The molecule has 11 heavy (non-hydrogen) atoms. The van der Waals surface area contributed by atoms with Crippen LogP contribution in [0.25, 0.3) is 0 Å². The lowest BCUT2D eigenvalue weighted by molar-refractivity contribution is -0.0293. The van der Waals surface area contributed by atoms with E-state index in [0.717, 1.165) is 18.9 Å². The maximum atomic E-state index is 5.52. The van der Waals surface area contributed by atoms with Gasteiger partial charge in [-0.15, -0.1) is 0 Å². The van der Waals surface area contributed by atoms with Crippen LogP contribution < -0.4 is 5.73 Å². The second-order valence-corrected chi connectivity index (χ2v) is 2.85. The Morgan fingerprint density at radius 2 is 2.45 bits per heavy atom. The number of aromatic nitrogens is 2. The molecule has 60 valence electrons. The Morgan fingerprint density at radius 3 is 2.82 bits per heavy atom. The molecule has 1 aromatic rings. The molecule has 0 bridgehead atoms. The molecule has 1 aliphatic heterocycles. The van der Waals surface area contributed by atoms with Gasteiger partial charge in [-0.1, -0.05) is 0 Å². The number of nitrogen functional groups attached to an aromatic ring is 1. The highest BCUT2D eigenvalue weighted by Crippen LogP contribution is 2.19. The lowest BCUT2D eigenvalue weighted by atomic mass is 10.2. The third kappa shape index (κ3) is 0.991. The highest BCUT2D eigenvalue weighted by molar-refractivity contribution is 5.29. The van der Waals surface area contributed by atoms with Crippen molar-refractivity contribution in [3.05, 3.63) is 11.8 Å². The molecule has 0 saturated carbocycles. The van der Waals surface area contributed by atoms with Crippen molar-refractivity contribution in [1.82, 2.24) is 9.78 Å². The summed E-state index contributed by atoms with van der Waals surface area (Å²) in [5.74, 6) is 0.592. The molecular weight excluding hydrogens is 142 g/mol. The largest absolute Gasteiger partial charge is 0.382 e. The van der Waals surface area contributed by atoms with Crippen LogP contribution in [0.1, 0.15) is 11.7 Å². The highest BCUT2D eigenvalue weighted by atomic mass is 16.5. The van der Waals surface area contributed by atoms with Gasteiger partial charge >= 0.3 is 0 Å².